The number of para-hydroxylation sites is 1. The maximum Gasteiger partial charge on any atom is 0.101 e. The summed E-state index contributed by atoms with van der Waals surface area (Å²) in [6, 6.07) is 20.1. The first-order chi connectivity index (χ1) is 8.31. The van der Waals surface area contributed by atoms with Crippen molar-refractivity contribution in [2.75, 3.05) is 11.9 Å². The zero-order valence-corrected chi connectivity index (χ0v) is 9.80. The Balaban J connectivity index is 2.21. The highest BCUT2D eigenvalue weighted by Crippen LogP contribution is 2.19. The Kier molecular flexibility index (Phi) is 3.42. The number of rotatable bonds is 3. The van der Waals surface area contributed by atoms with Crippen molar-refractivity contribution in [1.82, 2.24) is 0 Å². The first kappa shape index (κ1) is 11.2. The maximum atomic E-state index is 9.06. The van der Waals surface area contributed by atoms with Crippen LogP contribution in [0.5, 0.6) is 0 Å². The summed E-state index contributed by atoms with van der Waals surface area (Å²) in [6.45, 7) is 0.805. The van der Waals surface area contributed by atoms with Gasteiger partial charge in [0.2, 0.25) is 0 Å². The van der Waals surface area contributed by atoms with Gasteiger partial charge < -0.3 is 4.90 Å². The second kappa shape index (κ2) is 5.18. The normalized spacial score (nSPS) is 9.65. The van der Waals surface area contributed by atoms with E-state index in [0.717, 1.165) is 12.2 Å². The van der Waals surface area contributed by atoms with E-state index in [1.807, 2.05) is 49.5 Å². The van der Waals surface area contributed by atoms with Crippen molar-refractivity contribution in [2.24, 2.45) is 0 Å². The molecule has 2 aromatic rings. The van der Waals surface area contributed by atoms with Gasteiger partial charge in [-0.1, -0.05) is 42.5 Å². The summed E-state index contributed by atoms with van der Waals surface area (Å²) in [5.41, 5.74) is 2.92. The van der Waals surface area contributed by atoms with Gasteiger partial charge in [-0.25, -0.2) is 0 Å². The van der Waals surface area contributed by atoms with Crippen LogP contribution in [0.2, 0.25) is 0 Å². The summed E-state index contributed by atoms with van der Waals surface area (Å²) in [5.74, 6) is 0. The van der Waals surface area contributed by atoms with E-state index in [4.69, 9.17) is 5.26 Å². The minimum Gasteiger partial charge on any atom is -0.369 e. The topological polar surface area (TPSA) is 27.0 Å². The molecule has 2 nitrogen and oxygen atoms in total. The molecule has 17 heavy (non-hydrogen) atoms. The predicted molar refractivity (Wildman–Crippen MR) is 69.7 cm³/mol. The van der Waals surface area contributed by atoms with Gasteiger partial charge in [0, 0.05) is 13.6 Å². The van der Waals surface area contributed by atoms with E-state index in [1.165, 1.54) is 5.56 Å². The van der Waals surface area contributed by atoms with Crippen LogP contribution in [0, 0.1) is 11.3 Å². The molecule has 0 saturated carbocycles. The lowest BCUT2D eigenvalue weighted by atomic mass is 10.1. The van der Waals surface area contributed by atoms with E-state index in [9.17, 15) is 0 Å². The Hall–Kier alpha value is -2.27. The largest absolute Gasteiger partial charge is 0.369 e. The molecule has 0 spiro atoms. The molecule has 0 fully saturated rings. The third-order valence-electron chi connectivity index (χ3n) is 2.70. The Morgan fingerprint density at radius 3 is 2.35 bits per heavy atom. The molecule has 0 bridgehead atoms. The summed E-state index contributed by atoms with van der Waals surface area (Å²) in [4.78, 5) is 2.09. The van der Waals surface area contributed by atoms with Crippen molar-refractivity contribution >= 4 is 5.69 Å². The predicted octanol–water partition coefficient (Wildman–Crippen LogP) is 3.19. The monoisotopic (exact) mass is 222 g/mol. The van der Waals surface area contributed by atoms with Gasteiger partial charge in [0.1, 0.15) is 6.07 Å². The average molecular weight is 222 g/mol. The van der Waals surface area contributed by atoms with Crippen molar-refractivity contribution < 1.29 is 0 Å². The van der Waals surface area contributed by atoms with Gasteiger partial charge in [0.25, 0.3) is 0 Å². The van der Waals surface area contributed by atoms with Crippen LogP contribution in [-0.2, 0) is 6.54 Å². The van der Waals surface area contributed by atoms with E-state index in [2.05, 4.69) is 23.1 Å². The maximum absolute atomic E-state index is 9.06. The first-order valence-corrected chi connectivity index (χ1v) is 5.55. The van der Waals surface area contributed by atoms with Gasteiger partial charge >= 0.3 is 0 Å². The molecule has 2 heteroatoms. The third kappa shape index (κ3) is 2.64. The van der Waals surface area contributed by atoms with Crippen LogP contribution in [0.3, 0.4) is 0 Å². The molecule has 0 unspecified atom stereocenters. The van der Waals surface area contributed by atoms with E-state index in [0.29, 0.717) is 5.56 Å². The van der Waals surface area contributed by atoms with Crippen molar-refractivity contribution in [3.8, 4) is 6.07 Å². The number of anilines is 1. The SMILES string of the molecule is CN(Cc1ccccc1)c1ccccc1C#N. The van der Waals surface area contributed by atoms with Crippen molar-refractivity contribution in [1.29, 1.82) is 5.26 Å². The zero-order valence-electron chi connectivity index (χ0n) is 9.80. The van der Waals surface area contributed by atoms with Crippen molar-refractivity contribution in [2.45, 2.75) is 6.54 Å². The van der Waals surface area contributed by atoms with Crippen LogP contribution < -0.4 is 4.90 Å². The summed E-state index contributed by atoms with van der Waals surface area (Å²) in [5, 5.41) is 9.06. The molecule has 0 amide bonds. The molecule has 0 aromatic heterocycles. The average Bonchev–Trinajstić information content (AvgIpc) is 2.40. The van der Waals surface area contributed by atoms with Gasteiger partial charge in [-0.05, 0) is 17.7 Å². The molecule has 84 valence electrons. The quantitative estimate of drug-likeness (QED) is 0.797. The standard InChI is InChI=1S/C15H14N2/c1-17(12-13-7-3-2-4-8-13)15-10-6-5-9-14(15)11-16/h2-10H,12H2,1H3. The molecular formula is C15H14N2. The summed E-state index contributed by atoms with van der Waals surface area (Å²) in [6.07, 6.45) is 0. The van der Waals surface area contributed by atoms with Gasteiger partial charge in [0.05, 0.1) is 11.3 Å². The van der Waals surface area contributed by atoms with E-state index in [1.54, 1.807) is 0 Å². The molecule has 2 aromatic carbocycles. The highest BCUT2D eigenvalue weighted by Gasteiger charge is 2.06. The fourth-order valence-electron chi connectivity index (χ4n) is 1.84. The number of hydrogen-bond acceptors (Lipinski definition) is 2. The third-order valence-corrected chi connectivity index (χ3v) is 2.70. The van der Waals surface area contributed by atoms with Gasteiger partial charge in [0.15, 0.2) is 0 Å². The van der Waals surface area contributed by atoms with E-state index >= 15 is 0 Å². The van der Waals surface area contributed by atoms with Crippen LogP contribution in [0.15, 0.2) is 54.6 Å². The van der Waals surface area contributed by atoms with Gasteiger partial charge in [-0.3, -0.25) is 0 Å². The highest BCUT2D eigenvalue weighted by molar-refractivity contribution is 5.58. The Bertz CT molecular complexity index is 526. The number of nitrogens with zero attached hydrogens (tertiary/aromatic N) is 2. The van der Waals surface area contributed by atoms with E-state index < -0.39 is 0 Å². The Labute approximate surface area is 102 Å². The van der Waals surface area contributed by atoms with Crippen molar-refractivity contribution in [3.63, 3.8) is 0 Å². The second-order valence-electron chi connectivity index (χ2n) is 3.97. The molecule has 0 heterocycles. The fraction of sp³-hybridized carbons (Fsp3) is 0.133. The Morgan fingerprint density at radius 2 is 1.65 bits per heavy atom. The molecule has 0 aliphatic rings. The summed E-state index contributed by atoms with van der Waals surface area (Å²) in [7, 11) is 2.00. The van der Waals surface area contributed by atoms with Crippen LogP contribution >= 0.6 is 0 Å². The fourth-order valence-corrected chi connectivity index (χ4v) is 1.84. The molecule has 0 aliphatic carbocycles. The number of benzene rings is 2. The molecule has 0 aliphatic heterocycles. The Morgan fingerprint density at radius 1 is 1.00 bits per heavy atom. The number of hydrogen-bond donors (Lipinski definition) is 0. The summed E-state index contributed by atoms with van der Waals surface area (Å²) >= 11 is 0. The van der Waals surface area contributed by atoms with E-state index in [-0.39, 0.29) is 0 Å². The zero-order chi connectivity index (χ0) is 12.1. The van der Waals surface area contributed by atoms with Crippen molar-refractivity contribution in [3.05, 3.63) is 65.7 Å². The lowest BCUT2D eigenvalue weighted by Gasteiger charge is -2.20. The van der Waals surface area contributed by atoms with Gasteiger partial charge in [-0.2, -0.15) is 5.26 Å². The highest BCUT2D eigenvalue weighted by atomic mass is 15.1. The smallest absolute Gasteiger partial charge is 0.101 e. The second-order valence-corrected chi connectivity index (χ2v) is 3.97. The molecule has 0 saturated heterocycles. The molecule has 0 radical (unpaired) electrons. The van der Waals surface area contributed by atoms with Crippen LogP contribution in [-0.4, -0.2) is 7.05 Å². The minimum atomic E-state index is 0.714. The minimum absolute atomic E-state index is 0.714. The van der Waals surface area contributed by atoms with Crippen LogP contribution in [0.4, 0.5) is 5.69 Å². The lowest BCUT2D eigenvalue weighted by Crippen LogP contribution is -2.17. The summed E-state index contributed by atoms with van der Waals surface area (Å²) < 4.78 is 0. The lowest BCUT2D eigenvalue weighted by molar-refractivity contribution is 0.921. The molecular weight excluding hydrogens is 208 g/mol. The first-order valence-electron chi connectivity index (χ1n) is 5.55. The molecule has 2 rings (SSSR count). The van der Waals surface area contributed by atoms with Crippen LogP contribution in [0.1, 0.15) is 11.1 Å². The molecule has 0 N–H and O–H groups in total. The number of nitriles is 1. The van der Waals surface area contributed by atoms with Crippen LogP contribution in [0.25, 0.3) is 0 Å². The van der Waals surface area contributed by atoms with Gasteiger partial charge in [-0.15, -0.1) is 0 Å². The molecule has 0 atom stereocenters.